The predicted molar refractivity (Wildman–Crippen MR) is 68.9 cm³/mol. The molecule has 1 unspecified atom stereocenters. The van der Waals surface area contributed by atoms with E-state index in [1.807, 2.05) is 6.07 Å². The van der Waals surface area contributed by atoms with E-state index < -0.39 is 16.1 Å². The van der Waals surface area contributed by atoms with Crippen LogP contribution in [0.4, 0.5) is 0 Å². The van der Waals surface area contributed by atoms with Crippen LogP contribution >= 0.6 is 0 Å². The molecule has 0 heterocycles. The average molecular weight is 267 g/mol. The van der Waals surface area contributed by atoms with E-state index >= 15 is 0 Å². The number of carbonyl (C=O) groups is 1. The van der Waals surface area contributed by atoms with Crippen LogP contribution in [0.3, 0.4) is 0 Å². The molecule has 0 spiro atoms. The molecule has 0 radical (unpaired) electrons. The Bertz CT molecular complexity index is 578. The van der Waals surface area contributed by atoms with Gasteiger partial charge in [-0.15, -0.1) is 0 Å². The average Bonchev–Trinajstić information content (AvgIpc) is 2.74. The van der Waals surface area contributed by atoms with Crippen LogP contribution < -0.4 is 4.72 Å². The Hall–Kier alpha value is -1.20. The van der Waals surface area contributed by atoms with Gasteiger partial charge in [0.1, 0.15) is 5.78 Å². The molecule has 1 aliphatic carbocycles. The summed E-state index contributed by atoms with van der Waals surface area (Å²) in [7, 11) is -3.60. The minimum Gasteiger partial charge on any atom is -0.298 e. The molecule has 1 aromatic carbocycles. The van der Waals surface area contributed by atoms with Crippen molar-refractivity contribution in [3.8, 4) is 0 Å². The third kappa shape index (κ3) is 2.62. The highest BCUT2D eigenvalue weighted by Crippen LogP contribution is 2.24. The first-order valence-corrected chi connectivity index (χ1v) is 7.53. The summed E-state index contributed by atoms with van der Waals surface area (Å²) in [4.78, 5) is 11.4. The summed E-state index contributed by atoms with van der Waals surface area (Å²) in [5.41, 5.74) is 2.34. The first-order valence-electron chi connectivity index (χ1n) is 6.05. The highest BCUT2D eigenvalue weighted by Gasteiger charge is 2.21. The lowest BCUT2D eigenvalue weighted by atomic mass is 10.1. The Kier molecular flexibility index (Phi) is 3.54. The van der Waals surface area contributed by atoms with Gasteiger partial charge < -0.3 is 0 Å². The summed E-state index contributed by atoms with van der Waals surface area (Å²) < 4.78 is 26.6. The van der Waals surface area contributed by atoms with Crippen LogP contribution in [-0.4, -0.2) is 20.2 Å². The first kappa shape index (κ1) is 13.2. The van der Waals surface area contributed by atoms with Gasteiger partial charge in [-0.1, -0.05) is 6.07 Å². The number of hydrogen-bond donors (Lipinski definition) is 1. The largest absolute Gasteiger partial charge is 0.298 e. The minimum atomic E-state index is -3.60. The van der Waals surface area contributed by atoms with E-state index in [1.54, 1.807) is 19.1 Å². The molecule has 0 bridgehead atoms. The molecule has 98 valence electrons. The Balaban J connectivity index is 2.28. The van der Waals surface area contributed by atoms with E-state index in [9.17, 15) is 13.2 Å². The highest BCUT2D eigenvalue weighted by atomic mass is 32.2. The summed E-state index contributed by atoms with van der Waals surface area (Å²) in [6, 6.07) is 4.51. The number of ketones is 1. The van der Waals surface area contributed by atoms with Crippen molar-refractivity contribution in [1.82, 2.24) is 4.72 Å². The summed E-state index contributed by atoms with van der Waals surface area (Å²) in [5.74, 6) is -0.195. The number of Topliss-reactive ketones (excluding diaryl/α,β-unsaturated/α-hetero) is 1. The van der Waals surface area contributed by atoms with Gasteiger partial charge in [0.15, 0.2) is 0 Å². The number of carbonyl (C=O) groups excluding carboxylic acids is 1. The lowest BCUT2D eigenvalue weighted by Gasteiger charge is -2.12. The zero-order chi connectivity index (χ0) is 13.3. The number of rotatable bonds is 4. The number of hydrogen-bond acceptors (Lipinski definition) is 3. The van der Waals surface area contributed by atoms with Crippen molar-refractivity contribution in [2.45, 2.75) is 44.0 Å². The van der Waals surface area contributed by atoms with Gasteiger partial charge in [0.2, 0.25) is 10.0 Å². The van der Waals surface area contributed by atoms with Gasteiger partial charge in [-0.25, -0.2) is 13.1 Å². The number of nitrogens with one attached hydrogen (secondary N) is 1. The summed E-state index contributed by atoms with van der Waals surface area (Å²) >= 11 is 0. The van der Waals surface area contributed by atoms with Gasteiger partial charge in [-0.2, -0.15) is 0 Å². The van der Waals surface area contributed by atoms with Crippen molar-refractivity contribution in [2.24, 2.45) is 0 Å². The fourth-order valence-corrected chi connectivity index (χ4v) is 3.41. The lowest BCUT2D eigenvalue weighted by Crippen LogP contribution is -2.37. The van der Waals surface area contributed by atoms with E-state index in [-0.39, 0.29) is 10.7 Å². The smallest absolute Gasteiger partial charge is 0.241 e. The van der Waals surface area contributed by atoms with Gasteiger partial charge >= 0.3 is 0 Å². The lowest BCUT2D eigenvalue weighted by molar-refractivity contribution is -0.118. The number of aryl methyl sites for hydroxylation is 2. The zero-order valence-electron chi connectivity index (χ0n) is 10.6. The fourth-order valence-electron chi connectivity index (χ4n) is 2.10. The molecule has 0 saturated heterocycles. The van der Waals surface area contributed by atoms with Crippen molar-refractivity contribution in [1.29, 1.82) is 0 Å². The molecule has 5 heteroatoms. The summed E-state index contributed by atoms with van der Waals surface area (Å²) in [5, 5.41) is 0. The maximum atomic E-state index is 12.1. The zero-order valence-corrected chi connectivity index (χ0v) is 11.4. The molecule has 0 amide bonds. The normalized spacial score (nSPS) is 16.3. The molecule has 2 rings (SSSR count). The predicted octanol–water partition coefficient (Wildman–Crippen LogP) is 1.43. The van der Waals surface area contributed by atoms with Crippen LogP contribution in [-0.2, 0) is 27.7 Å². The van der Waals surface area contributed by atoms with Crippen LogP contribution in [0, 0.1) is 0 Å². The second-order valence-corrected chi connectivity index (χ2v) is 6.45. The van der Waals surface area contributed by atoms with Crippen molar-refractivity contribution >= 4 is 15.8 Å². The molecule has 0 fully saturated rings. The van der Waals surface area contributed by atoms with Gasteiger partial charge in [-0.05, 0) is 56.4 Å². The molecule has 4 nitrogen and oxygen atoms in total. The van der Waals surface area contributed by atoms with E-state index in [0.717, 1.165) is 24.8 Å². The van der Waals surface area contributed by atoms with Crippen molar-refractivity contribution < 1.29 is 13.2 Å². The summed E-state index contributed by atoms with van der Waals surface area (Å²) in [6.07, 6.45) is 3.03. The Labute approximate surface area is 107 Å². The topological polar surface area (TPSA) is 63.2 Å². The Morgan fingerprint density at radius 2 is 1.94 bits per heavy atom. The molecule has 0 aromatic heterocycles. The van der Waals surface area contributed by atoms with Crippen molar-refractivity contribution in [3.05, 3.63) is 29.3 Å². The van der Waals surface area contributed by atoms with E-state index in [4.69, 9.17) is 0 Å². The van der Waals surface area contributed by atoms with Gasteiger partial charge in [0.05, 0.1) is 10.9 Å². The number of sulfonamides is 1. The quantitative estimate of drug-likeness (QED) is 0.897. The Morgan fingerprint density at radius 1 is 1.28 bits per heavy atom. The van der Waals surface area contributed by atoms with Gasteiger partial charge in [-0.3, -0.25) is 4.79 Å². The first-order chi connectivity index (χ1) is 8.40. The van der Waals surface area contributed by atoms with Crippen LogP contribution in [0.1, 0.15) is 31.4 Å². The number of fused-ring (bicyclic) bond motifs is 1. The summed E-state index contributed by atoms with van der Waals surface area (Å²) in [6.45, 7) is 2.92. The minimum absolute atomic E-state index is 0.195. The second-order valence-electron chi connectivity index (χ2n) is 4.74. The molecule has 18 heavy (non-hydrogen) atoms. The van der Waals surface area contributed by atoms with E-state index in [2.05, 4.69) is 4.72 Å². The fraction of sp³-hybridized carbons (Fsp3) is 0.462. The van der Waals surface area contributed by atoms with Gasteiger partial charge in [0, 0.05) is 0 Å². The molecule has 1 aliphatic rings. The van der Waals surface area contributed by atoms with Crippen molar-refractivity contribution in [2.75, 3.05) is 0 Å². The standard InChI is InChI=1S/C13H17NO3S/c1-9(10(2)15)14-18(16,17)13-7-6-11-4-3-5-12(11)8-13/h6-9,14H,3-5H2,1-2H3. The van der Waals surface area contributed by atoms with Crippen LogP contribution in [0.2, 0.25) is 0 Å². The van der Waals surface area contributed by atoms with E-state index in [0.29, 0.717) is 0 Å². The molecular weight excluding hydrogens is 250 g/mol. The Morgan fingerprint density at radius 3 is 2.61 bits per heavy atom. The van der Waals surface area contributed by atoms with Crippen LogP contribution in [0.25, 0.3) is 0 Å². The third-order valence-electron chi connectivity index (χ3n) is 3.32. The molecule has 0 aliphatic heterocycles. The van der Waals surface area contributed by atoms with E-state index in [1.165, 1.54) is 12.5 Å². The SMILES string of the molecule is CC(=O)C(C)NS(=O)(=O)c1ccc2c(c1)CCC2. The molecule has 1 N–H and O–H groups in total. The van der Waals surface area contributed by atoms with Crippen LogP contribution in [0.5, 0.6) is 0 Å². The molecule has 1 atom stereocenters. The van der Waals surface area contributed by atoms with Crippen molar-refractivity contribution in [3.63, 3.8) is 0 Å². The maximum absolute atomic E-state index is 12.1. The highest BCUT2D eigenvalue weighted by molar-refractivity contribution is 7.89. The molecule has 1 aromatic rings. The monoisotopic (exact) mass is 267 g/mol. The second kappa shape index (κ2) is 4.82. The molecular formula is C13H17NO3S. The third-order valence-corrected chi connectivity index (χ3v) is 4.86. The number of benzene rings is 1. The van der Waals surface area contributed by atoms with Crippen LogP contribution in [0.15, 0.2) is 23.1 Å². The maximum Gasteiger partial charge on any atom is 0.241 e. The molecule has 0 saturated carbocycles. The van der Waals surface area contributed by atoms with Gasteiger partial charge in [0.25, 0.3) is 0 Å².